The van der Waals surface area contributed by atoms with E-state index in [9.17, 15) is 14.4 Å². The second-order valence-corrected chi connectivity index (χ2v) is 7.79. The molecule has 1 saturated heterocycles. The number of anilines is 1. The van der Waals surface area contributed by atoms with Gasteiger partial charge >= 0.3 is 5.97 Å². The van der Waals surface area contributed by atoms with Gasteiger partial charge in [0.2, 0.25) is 0 Å². The van der Waals surface area contributed by atoms with Gasteiger partial charge in [0, 0.05) is 5.56 Å². The topological polar surface area (TPSA) is 99.8 Å². The number of rotatable bonds is 4. The normalized spacial score (nSPS) is 15.2. The Hall–Kier alpha value is -3.75. The number of halogens is 1. The molecule has 160 valence electrons. The summed E-state index contributed by atoms with van der Waals surface area (Å²) in [5.41, 5.74) is 1.86. The highest BCUT2D eigenvalue weighted by Gasteiger charge is 2.34. The summed E-state index contributed by atoms with van der Waals surface area (Å²) in [6.45, 7) is 1.88. The van der Waals surface area contributed by atoms with Crippen molar-refractivity contribution in [1.29, 1.82) is 0 Å². The Morgan fingerprint density at radius 3 is 2.62 bits per heavy atom. The van der Waals surface area contributed by atoms with Crippen LogP contribution in [-0.2, 0) is 9.59 Å². The van der Waals surface area contributed by atoms with Gasteiger partial charge in [-0.1, -0.05) is 29.8 Å². The minimum Gasteiger partial charge on any atom is -0.478 e. The summed E-state index contributed by atoms with van der Waals surface area (Å²) < 4.78 is 5.75. The number of amides is 2. The van der Waals surface area contributed by atoms with E-state index in [-0.39, 0.29) is 27.0 Å². The first-order chi connectivity index (χ1) is 15.2. The number of carbonyl (C=O) groups excluding carboxylic acids is 2. The van der Waals surface area contributed by atoms with Crippen LogP contribution in [0.25, 0.3) is 17.4 Å². The van der Waals surface area contributed by atoms with Crippen LogP contribution in [-0.4, -0.2) is 28.0 Å². The van der Waals surface area contributed by atoms with Gasteiger partial charge in [0.15, 0.2) is 5.11 Å². The van der Waals surface area contributed by atoms with E-state index in [1.165, 1.54) is 23.1 Å². The maximum absolute atomic E-state index is 13.1. The van der Waals surface area contributed by atoms with Crippen LogP contribution >= 0.6 is 23.8 Å². The van der Waals surface area contributed by atoms with Crippen LogP contribution in [0.3, 0.4) is 0 Å². The number of carboxylic acids is 1. The Bertz CT molecular complexity index is 1330. The summed E-state index contributed by atoms with van der Waals surface area (Å²) in [4.78, 5) is 37.9. The molecule has 0 aliphatic carbocycles. The minimum atomic E-state index is -1.13. The third-order valence-corrected chi connectivity index (χ3v) is 5.36. The number of carbonyl (C=O) groups is 3. The quantitative estimate of drug-likeness (QED) is 0.335. The summed E-state index contributed by atoms with van der Waals surface area (Å²) in [6.07, 6.45) is 1.33. The maximum atomic E-state index is 13.1. The maximum Gasteiger partial charge on any atom is 0.337 e. The molecule has 0 bridgehead atoms. The Kier molecular flexibility index (Phi) is 5.65. The van der Waals surface area contributed by atoms with E-state index in [2.05, 4.69) is 5.32 Å². The van der Waals surface area contributed by atoms with E-state index < -0.39 is 17.8 Å². The molecular weight excluding hydrogens is 452 g/mol. The fourth-order valence-electron chi connectivity index (χ4n) is 3.23. The summed E-state index contributed by atoms with van der Waals surface area (Å²) >= 11 is 11.2. The summed E-state index contributed by atoms with van der Waals surface area (Å²) in [6, 6.07) is 14.8. The Morgan fingerprint density at radius 2 is 1.94 bits per heavy atom. The van der Waals surface area contributed by atoms with Gasteiger partial charge in [-0.25, -0.2) is 4.79 Å². The summed E-state index contributed by atoms with van der Waals surface area (Å²) in [5.74, 6) is -1.68. The molecular formula is C23H15ClN2O5S. The predicted molar refractivity (Wildman–Crippen MR) is 123 cm³/mol. The molecule has 4 rings (SSSR count). The molecule has 0 radical (unpaired) electrons. The van der Waals surface area contributed by atoms with Gasteiger partial charge in [-0.2, -0.15) is 0 Å². The third-order valence-electron chi connectivity index (χ3n) is 4.76. The minimum absolute atomic E-state index is 0.00366. The number of thiocarbonyl (C=S) groups is 1. The number of hydrogen-bond donors (Lipinski definition) is 2. The van der Waals surface area contributed by atoms with Crippen molar-refractivity contribution in [3.63, 3.8) is 0 Å². The van der Waals surface area contributed by atoms with Crippen molar-refractivity contribution in [2.24, 2.45) is 0 Å². The van der Waals surface area contributed by atoms with E-state index in [1.807, 2.05) is 13.0 Å². The standard InChI is InChI=1S/C23H15ClN2O5S/c1-12-3-2-4-14(9-12)26-21(28)17(20(27)25-23(26)32)11-15-6-8-19(31-15)13-5-7-16(22(29)30)18(24)10-13/h2-11H,1H3,(H,29,30)(H,25,27,32). The Labute approximate surface area is 192 Å². The zero-order valence-corrected chi connectivity index (χ0v) is 18.2. The number of carboxylic acid groups (broad SMARTS) is 1. The number of nitrogens with one attached hydrogen (secondary N) is 1. The van der Waals surface area contributed by atoms with Gasteiger partial charge in [-0.15, -0.1) is 0 Å². The molecule has 1 aliphatic heterocycles. The Balaban J connectivity index is 1.66. The number of hydrogen-bond acceptors (Lipinski definition) is 5. The highest BCUT2D eigenvalue weighted by atomic mass is 35.5. The molecule has 0 saturated carbocycles. The summed E-state index contributed by atoms with van der Waals surface area (Å²) in [7, 11) is 0. The van der Waals surface area contributed by atoms with Crippen LogP contribution in [0.5, 0.6) is 0 Å². The lowest BCUT2D eigenvalue weighted by atomic mass is 10.1. The van der Waals surface area contributed by atoms with Gasteiger partial charge in [0.05, 0.1) is 16.3 Å². The van der Waals surface area contributed by atoms with Crippen LogP contribution < -0.4 is 10.2 Å². The third kappa shape index (κ3) is 4.05. The molecule has 7 nitrogen and oxygen atoms in total. The molecule has 2 amide bonds. The van der Waals surface area contributed by atoms with Gasteiger partial charge in [0.1, 0.15) is 17.1 Å². The van der Waals surface area contributed by atoms with E-state index in [1.54, 1.807) is 36.4 Å². The van der Waals surface area contributed by atoms with Crippen molar-refractivity contribution in [2.75, 3.05) is 4.90 Å². The fourth-order valence-corrected chi connectivity index (χ4v) is 3.77. The molecule has 9 heteroatoms. The van der Waals surface area contributed by atoms with Crippen LogP contribution in [0.4, 0.5) is 5.69 Å². The smallest absolute Gasteiger partial charge is 0.337 e. The second kappa shape index (κ2) is 8.41. The average Bonchev–Trinajstić information content (AvgIpc) is 3.19. The molecule has 0 unspecified atom stereocenters. The van der Waals surface area contributed by atoms with E-state index in [0.717, 1.165) is 5.56 Å². The first-order valence-electron chi connectivity index (χ1n) is 9.36. The Morgan fingerprint density at radius 1 is 1.16 bits per heavy atom. The molecule has 0 atom stereocenters. The lowest BCUT2D eigenvalue weighted by Gasteiger charge is -2.29. The predicted octanol–water partition coefficient (Wildman–Crippen LogP) is 4.44. The van der Waals surface area contributed by atoms with Crippen molar-refractivity contribution in [3.05, 3.63) is 82.1 Å². The highest BCUT2D eigenvalue weighted by Crippen LogP contribution is 2.29. The van der Waals surface area contributed by atoms with Crippen LogP contribution in [0, 0.1) is 6.92 Å². The molecule has 1 fully saturated rings. The SMILES string of the molecule is Cc1cccc(N2C(=O)C(=Cc3ccc(-c4ccc(C(=O)O)c(Cl)c4)o3)C(=O)NC2=S)c1. The van der Waals surface area contributed by atoms with Crippen molar-refractivity contribution >= 4 is 58.5 Å². The number of furan rings is 1. The molecule has 1 aliphatic rings. The van der Waals surface area contributed by atoms with Crippen molar-refractivity contribution < 1.29 is 23.9 Å². The van der Waals surface area contributed by atoms with E-state index in [4.69, 9.17) is 33.3 Å². The van der Waals surface area contributed by atoms with Crippen LogP contribution in [0.2, 0.25) is 5.02 Å². The zero-order valence-electron chi connectivity index (χ0n) is 16.6. The number of nitrogens with zero attached hydrogens (tertiary/aromatic N) is 1. The van der Waals surface area contributed by atoms with Gasteiger partial charge in [0.25, 0.3) is 11.8 Å². The first-order valence-corrected chi connectivity index (χ1v) is 10.1. The van der Waals surface area contributed by atoms with Crippen molar-refractivity contribution in [3.8, 4) is 11.3 Å². The average molecular weight is 467 g/mol. The van der Waals surface area contributed by atoms with Crippen LogP contribution in [0.1, 0.15) is 21.7 Å². The molecule has 3 aromatic rings. The largest absolute Gasteiger partial charge is 0.478 e. The van der Waals surface area contributed by atoms with Crippen molar-refractivity contribution in [1.82, 2.24) is 5.32 Å². The highest BCUT2D eigenvalue weighted by molar-refractivity contribution is 7.80. The summed E-state index contributed by atoms with van der Waals surface area (Å²) in [5, 5.41) is 11.7. The van der Waals surface area contributed by atoms with E-state index >= 15 is 0 Å². The zero-order chi connectivity index (χ0) is 23.0. The lowest BCUT2D eigenvalue weighted by molar-refractivity contribution is -0.122. The number of aromatic carboxylic acids is 1. The van der Waals surface area contributed by atoms with Gasteiger partial charge < -0.3 is 9.52 Å². The van der Waals surface area contributed by atoms with Gasteiger partial charge in [-0.05, 0) is 67.2 Å². The molecule has 32 heavy (non-hydrogen) atoms. The van der Waals surface area contributed by atoms with Crippen molar-refractivity contribution in [2.45, 2.75) is 6.92 Å². The molecule has 1 aromatic heterocycles. The van der Waals surface area contributed by atoms with E-state index in [0.29, 0.717) is 17.0 Å². The fraction of sp³-hybridized carbons (Fsp3) is 0.0435. The monoisotopic (exact) mass is 466 g/mol. The lowest BCUT2D eigenvalue weighted by Crippen LogP contribution is -2.54. The second-order valence-electron chi connectivity index (χ2n) is 7.00. The molecule has 2 aromatic carbocycles. The molecule has 0 spiro atoms. The van der Waals surface area contributed by atoms with Crippen LogP contribution in [0.15, 0.2) is 64.6 Å². The number of benzene rings is 2. The molecule has 2 N–H and O–H groups in total. The van der Waals surface area contributed by atoms with Gasteiger partial charge in [-0.3, -0.25) is 19.8 Å². The number of aryl methyl sites for hydroxylation is 1. The molecule has 2 heterocycles. The first kappa shape index (κ1) is 21.5.